The maximum absolute atomic E-state index is 11.7. The highest BCUT2D eigenvalue weighted by molar-refractivity contribution is 5.94. The van der Waals surface area contributed by atoms with Crippen molar-refractivity contribution in [3.63, 3.8) is 0 Å². The zero-order valence-corrected chi connectivity index (χ0v) is 10.2. The largest absolute Gasteiger partial charge is 0.480 e. The molecule has 0 saturated carbocycles. The van der Waals surface area contributed by atoms with Crippen LogP contribution in [-0.2, 0) is 11.8 Å². The van der Waals surface area contributed by atoms with E-state index in [9.17, 15) is 4.79 Å². The molecule has 0 spiro atoms. The van der Waals surface area contributed by atoms with Gasteiger partial charge in [-0.15, -0.1) is 0 Å². The number of nitrogens with zero attached hydrogens (tertiary/aromatic N) is 4. The van der Waals surface area contributed by atoms with Gasteiger partial charge in [0.15, 0.2) is 5.69 Å². The predicted octanol–water partition coefficient (Wildman–Crippen LogP) is 0.672. The summed E-state index contributed by atoms with van der Waals surface area (Å²) in [5.41, 5.74) is 1.37. The summed E-state index contributed by atoms with van der Waals surface area (Å²) >= 11 is 0. The zero-order chi connectivity index (χ0) is 13.1. The Hall–Kier alpha value is -2.44. The van der Waals surface area contributed by atoms with Crippen LogP contribution in [0, 0.1) is 0 Å². The van der Waals surface area contributed by atoms with E-state index in [4.69, 9.17) is 9.47 Å². The summed E-state index contributed by atoms with van der Waals surface area (Å²) in [6.45, 7) is 0. The summed E-state index contributed by atoms with van der Waals surface area (Å²) in [5, 5.41) is 4.02. The van der Waals surface area contributed by atoms with Gasteiger partial charge in [-0.2, -0.15) is 5.10 Å². The van der Waals surface area contributed by atoms with Gasteiger partial charge >= 0.3 is 5.97 Å². The van der Waals surface area contributed by atoms with Crippen molar-refractivity contribution >= 4 is 5.97 Å². The molecule has 94 valence electrons. The number of methoxy groups -OCH3 is 2. The molecule has 7 heteroatoms. The van der Waals surface area contributed by atoms with Crippen molar-refractivity contribution in [3.05, 3.63) is 24.3 Å². The Morgan fingerprint density at radius 2 is 2.06 bits per heavy atom. The first-order chi connectivity index (χ1) is 8.67. The van der Waals surface area contributed by atoms with Crippen LogP contribution in [0.15, 0.2) is 18.6 Å². The molecule has 0 aliphatic carbocycles. The van der Waals surface area contributed by atoms with Gasteiger partial charge in [0.05, 0.1) is 44.1 Å². The molecule has 0 bridgehead atoms. The molecule has 0 N–H and O–H groups in total. The predicted molar refractivity (Wildman–Crippen MR) is 62.1 cm³/mol. The van der Waals surface area contributed by atoms with Crippen LogP contribution in [0.3, 0.4) is 0 Å². The molecular formula is C11H12N4O3. The standard InChI is InChI=1S/C11H12N4O3/c1-15-10(11(16)18-3)7(4-13-15)8-5-12-6-9(14-8)17-2/h4-6H,1-3H3. The van der Waals surface area contributed by atoms with E-state index in [1.807, 2.05) is 0 Å². The van der Waals surface area contributed by atoms with Crippen molar-refractivity contribution in [2.45, 2.75) is 0 Å². The van der Waals surface area contributed by atoms with E-state index in [0.29, 0.717) is 22.8 Å². The molecule has 18 heavy (non-hydrogen) atoms. The maximum atomic E-state index is 11.7. The Morgan fingerprint density at radius 3 is 2.72 bits per heavy atom. The highest BCUT2D eigenvalue weighted by Crippen LogP contribution is 2.22. The molecule has 0 aliphatic heterocycles. The number of carbonyl (C=O) groups excluding carboxylic acids is 1. The van der Waals surface area contributed by atoms with Crippen LogP contribution in [0.4, 0.5) is 0 Å². The minimum Gasteiger partial charge on any atom is -0.480 e. The molecule has 0 fully saturated rings. The van der Waals surface area contributed by atoms with Crippen LogP contribution < -0.4 is 4.74 Å². The smallest absolute Gasteiger partial charge is 0.357 e. The van der Waals surface area contributed by atoms with Crippen molar-refractivity contribution in [1.82, 2.24) is 19.7 Å². The van der Waals surface area contributed by atoms with Crippen LogP contribution in [0.25, 0.3) is 11.3 Å². The summed E-state index contributed by atoms with van der Waals surface area (Å²) in [5.74, 6) is -0.109. The van der Waals surface area contributed by atoms with Crippen LogP contribution in [0.2, 0.25) is 0 Å². The Morgan fingerprint density at radius 1 is 1.28 bits per heavy atom. The first-order valence-corrected chi connectivity index (χ1v) is 5.14. The average Bonchev–Trinajstić information content (AvgIpc) is 2.80. The van der Waals surface area contributed by atoms with Crippen LogP contribution in [0.1, 0.15) is 10.5 Å². The molecule has 2 aromatic rings. The third-order valence-electron chi connectivity index (χ3n) is 2.42. The quantitative estimate of drug-likeness (QED) is 0.743. The lowest BCUT2D eigenvalue weighted by atomic mass is 10.2. The van der Waals surface area contributed by atoms with Crippen molar-refractivity contribution in [2.24, 2.45) is 7.05 Å². The molecule has 0 saturated heterocycles. The molecule has 0 radical (unpaired) electrons. The third kappa shape index (κ3) is 2.02. The topological polar surface area (TPSA) is 79.1 Å². The summed E-state index contributed by atoms with van der Waals surface area (Å²) in [6.07, 6.45) is 4.55. The van der Waals surface area contributed by atoms with Crippen molar-refractivity contribution < 1.29 is 14.3 Å². The third-order valence-corrected chi connectivity index (χ3v) is 2.42. The summed E-state index contributed by atoms with van der Waals surface area (Å²) in [6, 6.07) is 0. The first kappa shape index (κ1) is 12.0. The SMILES string of the molecule is COC(=O)c1c(-c2cncc(OC)n2)cnn1C. The van der Waals surface area contributed by atoms with Gasteiger partial charge in [0.2, 0.25) is 5.88 Å². The second kappa shape index (κ2) is 4.82. The van der Waals surface area contributed by atoms with Gasteiger partial charge in [-0.3, -0.25) is 9.67 Å². The monoisotopic (exact) mass is 248 g/mol. The van der Waals surface area contributed by atoms with Crippen LogP contribution in [-0.4, -0.2) is 39.9 Å². The van der Waals surface area contributed by atoms with Crippen molar-refractivity contribution in [2.75, 3.05) is 14.2 Å². The van der Waals surface area contributed by atoms with Gasteiger partial charge in [-0.1, -0.05) is 0 Å². The van der Waals surface area contributed by atoms with E-state index in [2.05, 4.69) is 15.1 Å². The number of rotatable bonds is 3. The molecule has 2 aromatic heterocycles. The fourth-order valence-electron chi connectivity index (χ4n) is 1.54. The molecule has 0 amide bonds. The second-order valence-corrected chi connectivity index (χ2v) is 3.47. The molecular weight excluding hydrogens is 236 g/mol. The second-order valence-electron chi connectivity index (χ2n) is 3.47. The lowest BCUT2D eigenvalue weighted by Gasteiger charge is -2.04. The molecule has 0 aromatic carbocycles. The first-order valence-electron chi connectivity index (χ1n) is 5.14. The zero-order valence-electron chi connectivity index (χ0n) is 10.2. The number of aromatic nitrogens is 4. The number of hydrogen-bond acceptors (Lipinski definition) is 6. The van der Waals surface area contributed by atoms with E-state index in [0.717, 1.165) is 0 Å². The van der Waals surface area contributed by atoms with Gasteiger partial charge < -0.3 is 9.47 Å². The number of esters is 1. The summed E-state index contributed by atoms with van der Waals surface area (Å²) in [4.78, 5) is 19.9. The highest BCUT2D eigenvalue weighted by atomic mass is 16.5. The molecule has 2 rings (SSSR count). The van der Waals surface area contributed by atoms with E-state index >= 15 is 0 Å². The lowest BCUT2D eigenvalue weighted by Crippen LogP contribution is -2.10. The van der Waals surface area contributed by atoms with Gasteiger partial charge in [0.1, 0.15) is 0 Å². The molecule has 0 unspecified atom stereocenters. The lowest BCUT2D eigenvalue weighted by molar-refractivity contribution is 0.0589. The highest BCUT2D eigenvalue weighted by Gasteiger charge is 2.20. The Balaban J connectivity index is 2.53. The van der Waals surface area contributed by atoms with Gasteiger partial charge in [-0.25, -0.2) is 9.78 Å². The van der Waals surface area contributed by atoms with E-state index in [1.165, 1.54) is 37.5 Å². The number of carbonyl (C=O) groups is 1. The minimum atomic E-state index is -0.477. The van der Waals surface area contributed by atoms with Gasteiger partial charge in [-0.05, 0) is 0 Å². The normalized spacial score (nSPS) is 10.2. The summed E-state index contributed by atoms with van der Waals surface area (Å²) in [7, 11) is 4.47. The van der Waals surface area contributed by atoms with Crippen LogP contribution in [0.5, 0.6) is 5.88 Å². The average molecular weight is 248 g/mol. The van der Waals surface area contributed by atoms with Gasteiger partial charge in [0, 0.05) is 7.05 Å². The van der Waals surface area contributed by atoms with E-state index < -0.39 is 5.97 Å². The van der Waals surface area contributed by atoms with Gasteiger partial charge in [0.25, 0.3) is 0 Å². The fraction of sp³-hybridized carbons (Fsp3) is 0.273. The Labute approximate surface area is 103 Å². The minimum absolute atomic E-state index is 0.319. The van der Waals surface area contributed by atoms with Crippen molar-refractivity contribution in [3.8, 4) is 17.1 Å². The van der Waals surface area contributed by atoms with Crippen molar-refractivity contribution in [1.29, 1.82) is 0 Å². The summed E-state index contributed by atoms with van der Waals surface area (Å²) < 4.78 is 11.1. The fourth-order valence-corrected chi connectivity index (χ4v) is 1.54. The van der Waals surface area contributed by atoms with E-state index in [1.54, 1.807) is 7.05 Å². The Kier molecular flexibility index (Phi) is 3.22. The molecule has 7 nitrogen and oxygen atoms in total. The maximum Gasteiger partial charge on any atom is 0.357 e. The molecule has 2 heterocycles. The number of hydrogen-bond donors (Lipinski definition) is 0. The Bertz CT molecular complexity index is 579. The molecule has 0 atom stereocenters. The van der Waals surface area contributed by atoms with E-state index in [-0.39, 0.29) is 0 Å². The number of aryl methyl sites for hydroxylation is 1. The number of ether oxygens (including phenoxy) is 2. The molecule has 0 aliphatic rings. The van der Waals surface area contributed by atoms with Crippen LogP contribution >= 0.6 is 0 Å².